The first-order valence-corrected chi connectivity index (χ1v) is 4.43. The zero-order chi connectivity index (χ0) is 9.26. The number of rotatable bonds is 2. The van der Waals surface area contributed by atoms with Crippen molar-refractivity contribution in [3.05, 3.63) is 0 Å². The highest BCUT2D eigenvalue weighted by atomic mass is 16.5. The molecule has 2 saturated heterocycles. The molecular weight excluding hydrogens is 174 g/mol. The van der Waals surface area contributed by atoms with Crippen molar-refractivity contribution in [2.24, 2.45) is 0 Å². The van der Waals surface area contributed by atoms with Gasteiger partial charge in [-0.3, -0.25) is 9.69 Å². The molecule has 0 bridgehead atoms. The minimum atomic E-state index is -0.799. The Kier molecular flexibility index (Phi) is 2.48. The van der Waals surface area contributed by atoms with E-state index in [1.165, 1.54) is 0 Å². The SMILES string of the molecule is O=C(O)C1COCCN1C1COC1. The molecule has 1 unspecified atom stereocenters. The summed E-state index contributed by atoms with van der Waals surface area (Å²) in [5.41, 5.74) is 0. The largest absolute Gasteiger partial charge is 0.480 e. The molecule has 1 N–H and O–H groups in total. The Hall–Kier alpha value is -0.650. The van der Waals surface area contributed by atoms with Crippen LogP contribution in [-0.2, 0) is 14.3 Å². The number of carboxylic acid groups (broad SMARTS) is 1. The van der Waals surface area contributed by atoms with Gasteiger partial charge in [0.25, 0.3) is 0 Å². The first-order chi connectivity index (χ1) is 6.29. The van der Waals surface area contributed by atoms with Crippen molar-refractivity contribution >= 4 is 5.97 Å². The van der Waals surface area contributed by atoms with Crippen LogP contribution in [0, 0.1) is 0 Å². The van der Waals surface area contributed by atoms with Crippen LogP contribution in [0.3, 0.4) is 0 Å². The van der Waals surface area contributed by atoms with Crippen LogP contribution in [0.15, 0.2) is 0 Å². The van der Waals surface area contributed by atoms with Crippen LogP contribution >= 0.6 is 0 Å². The van der Waals surface area contributed by atoms with Gasteiger partial charge in [0.15, 0.2) is 0 Å². The van der Waals surface area contributed by atoms with E-state index in [0.29, 0.717) is 33.0 Å². The van der Waals surface area contributed by atoms with E-state index in [1.54, 1.807) is 0 Å². The van der Waals surface area contributed by atoms with Gasteiger partial charge in [0.1, 0.15) is 6.04 Å². The molecular formula is C8H13NO4. The normalized spacial score (nSPS) is 31.2. The number of ether oxygens (including phenoxy) is 2. The molecule has 0 radical (unpaired) electrons. The fourth-order valence-corrected chi connectivity index (χ4v) is 1.68. The van der Waals surface area contributed by atoms with Gasteiger partial charge in [-0.25, -0.2) is 0 Å². The van der Waals surface area contributed by atoms with Crippen molar-refractivity contribution in [2.45, 2.75) is 12.1 Å². The average Bonchev–Trinajstić information content (AvgIpc) is 2.02. The average molecular weight is 187 g/mol. The lowest BCUT2D eigenvalue weighted by atomic mass is 10.1. The summed E-state index contributed by atoms with van der Waals surface area (Å²) in [6, 6.07) is -0.201. The van der Waals surface area contributed by atoms with E-state index in [0.717, 1.165) is 0 Å². The minimum absolute atomic E-state index is 0.282. The molecule has 2 aliphatic heterocycles. The molecule has 2 fully saturated rings. The summed E-state index contributed by atoms with van der Waals surface area (Å²) in [5.74, 6) is -0.799. The van der Waals surface area contributed by atoms with Gasteiger partial charge in [0.2, 0.25) is 0 Å². The molecule has 2 rings (SSSR count). The summed E-state index contributed by atoms with van der Waals surface area (Å²) in [5, 5.41) is 8.91. The summed E-state index contributed by atoms with van der Waals surface area (Å²) in [6.45, 7) is 2.94. The number of carbonyl (C=O) groups is 1. The molecule has 0 aromatic rings. The van der Waals surface area contributed by atoms with Gasteiger partial charge < -0.3 is 14.6 Å². The first kappa shape index (κ1) is 8.93. The molecule has 74 valence electrons. The van der Waals surface area contributed by atoms with Crippen LogP contribution in [0.25, 0.3) is 0 Å². The van der Waals surface area contributed by atoms with E-state index in [2.05, 4.69) is 0 Å². The standard InChI is InChI=1S/C8H13NO4/c10-8(11)7-5-12-2-1-9(7)6-3-13-4-6/h6-7H,1-5H2,(H,10,11). The highest BCUT2D eigenvalue weighted by Crippen LogP contribution is 2.17. The Balaban J connectivity index is 1.99. The van der Waals surface area contributed by atoms with E-state index in [1.807, 2.05) is 4.90 Å². The van der Waals surface area contributed by atoms with Gasteiger partial charge in [-0.15, -0.1) is 0 Å². The summed E-state index contributed by atoms with van der Waals surface area (Å²) < 4.78 is 10.2. The lowest BCUT2D eigenvalue weighted by Gasteiger charge is -2.42. The number of hydrogen-bond donors (Lipinski definition) is 1. The number of carboxylic acids is 1. The van der Waals surface area contributed by atoms with E-state index in [-0.39, 0.29) is 6.04 Å². The van der Waals surface area contributed by atoms with Gasteiger partial charge in [0, 0.05) is 6.54 Å². The van der Waals surface area contributed by atoms with Crippen LogP contribution in [0.2, 0.25) is 0 Å². The molecule has 0 amide bonds. The van der Waals surface area contributed by atoms with Gasteiger partial charge in [-0.05, 0) is 0 Å². The summed E-state index contributed by atoms with van der Waals surface area (Å²) >= 11 is 0. The quantitative estimate of drug-likeness (QED) is 0.611. The lowest BCUT2D eigenvalue weighted by Crippen LogP contribution is -2.60. The van der Waals surface area contributed by atoms with Gasteiger partial charge in [-0.1, -0.05) is 0 Å². The maximum absolute atomic E-state index is 10.8. The minimum Gasteiger partial charge on any atom is -0.480 e. The Morgan fingerprint density at radius 2 is 2.08 bits per heavy atom. The molecule has 0 spiro atoms. The highest BCUT2D eigenvalue weighted by molar-refractivity contribution is 5.73. The first-order valence-electron chi connectivity index (χ1n) is 4.43. The van der Waals surface area contributed by atoms with Gasteiger partial charge >= 0.3 is 5.97 Å². The number of morpholine rings is 1. The van der Waals surface area contributed by atoms with Crippen molar-refractivity contribution < 1.29 is 19.4 Å². The third kappa shape index (κ3) is 1.67. The van der Waals surface area contributed by atoms with E-state index < -0.39 is 12.0 Å². The molecule has 13 heavy (non-hydrogen) atoms. The second-order valence-electron chi connectivity index (χ2n) is 3.36. The maximum atomic E-state index is 10.8. The second kappa shape index (κ2) is 3.61. The Labute approximate surface area is 76.2 Å². The third-order valence-corrected chi connectivity index (χ3v) is 2.54. The molecule has 0 saturated carbocycles. The number of nitrogens with zero attached hydrogens (tertiary/aromatic N) is 1. The van der Waals surface area contributed by atoms with Crippen molar-refractivity contribution in [3.8, 4) is 0 Å². The Morgan fingerprint density at radius 3 is 2.62 bits per heavy atom. The van der Waals surface area contributed by atoms with Gasteiger partial charge in [0.05, 0.1) is 32.5 Å². The summed E-state index contributed by atoms with van der Waals surface area (Å²) in [7, 11) is 0. The van der Waals surface area contributed by atoms with Gasteiger partial charge in [-0.2, -0.15) is 0 Å². The van der Waals surface area contributed by atoms with E-state index >= 15 is 0 Å². The highest BCUT2D eigenvalue weighted by Gasteiger charge is 2.37. The zero-order valence-corrected chi connectivity index (χ0v) is 7.31. The second-order valence-corrected chi connectivity index (χ2v) is 3.36. The van der Waals surface area contributed by atoms with Crippen molar-refractivity contribution in [3.63, 3.8) is 0 Å². The molecule has 0 aromatic carbocycles. The number of hydrogen-bond acceptors (Lipinski definition) is 4. The fraction of sp³-hybridized carbons (Fsp3) is 0.875. The molecule has 0 aromatic heterocycles. The molecule has 2 aliphatic rings. The summed E-state index contributed by atoms with van der Waals surface area (Å²) in [4.78, 5) is 12.8. The van der Waals surface area contributed by atoms with Crippen LogP contribution in [-0.4, -0.2) is 61.0 Å². The summed E-state index contributed by atoms with van der Waals surface area (Å²) in [6.07, 6.45) is 0. The van der Waals surface area contributed by atoms with Crippen molar-refractivity contribution in [2.75, 3.05) is 33.0 Å². The van der Waals surface area contributed by atoms with Crippen LogP contribution in [0.1, 0.15) is 0 Å². The Morgan fingerprint density at radius 1 is 1.31 bits per heavy atom. The zero-order valence-electron chi connectivity index (χ0n) is 7.31. The molecule has 5 nitrogen and oxygen atoms in total. The maximum Gasteiger partial charge on any atom is 0.323 e. The van der Waals surface area contributed by atoms with E-state index in [9.17, 15) is 4.79 Å². The molecule has 0 aliphatic carbocycles. The van der Waals surface area contributed by atoms with Crippen molar-refractivity contribution in [1.82, 2.24) is 4.90 Å². The van der Waals surface area contributed by atoms with Crippen LogP contribution in [0.5, 0.6) is 0 Å². The smallest absolute Gasteiger partial charge is 0.323 e. The topological polar surface area (TPSA) is 59.0 Å². The Bertz CT molecular complexity index is 204. The molecule has 5 heteroatoms. The van der Waals surface area contributed by atoms with Crippen molar-refractivity contribution in [1.29, 1.82) is 0 Å². The lowest BCUT2D eigenvalue weighted by molar-refractivity contribution is -0.162. The van der Waals surface area contributed by atoms with Crippen LogP contribution < -0.4 is 0 Å². The van der Waals surface area contributed by atoms with Crippen LogP contribution in [0.4, 0.5) is 0 Å². The molecule has 1 atom stereocenters. The monoisotopic (exact) mass is 187 g/mol. The van der Waals surface area contributed by atoms with E-state index in [4.69, 9.17) is 14.6 Å². The third-order valence-electron chi connectivity index (χ3n) is 2.54. The molecule has 2 heterocycles. The fourth-order valence-electron chi connectivity index (χ4n) is 1.68. The predicted octanol–water partition coefficient (Wildman–Crippen LogP) is -0.829. The number of aliphatic carboxylic acids is 1. The predicted molar refractivity (Wildman–Crippen MR) is 43.6 cm³/mol.